The minimum absolute atomic E-state index is 0.0428. The van der Waals surface area contributed by atoms with Gasteiger partial charge in [-0.05, 0) is 31.2 Å². The van der Waals surface area contributed by atoms with E-state index in [0.717, 1.165) is 4.31 Å². The van der Waals surface area contributed by atoms with Crippen LogP contribution in [0.1, 0.15) is 6.42 Å². The number of sulfonamides is 1. The normalized spacial score (nSPS) is 11.5. The van der Waals surface area contributed by atoms with E-state index in [1.54, 1.807) is 0 Å². The van der Waals surface area contributed by atoms with E-state index in [2.05, 4.69) is 9.97 Å². The van der Waals surface area contributed by atoms with Crippen LogP contribution in [0.15, 0.2) is 41.8 Å². The number of H-pyrrole nitrogens is 1. The van der Waals surface area contributed by atoms with E-state index in [-0.39, 0.29) is 17.3 Å². The molecule has 0 unspecified atom stereocenters. The van der Waals surface area contributed by atoms with Crippen molar-refractivity contribution in [1.29, 1.82) is 0 Å². The van der Waals surface area contributed by atoms with Crippen LogP contribution in [0.3, 0.4) is 0 Å². The minimum atomic E-state index is -3.81. The van der Waals surface area contributed by atoms with Gasteiger partial charge >= 0.3 is 0 Å². The van der Waals surface area contributed by atoms with Crippen LogP contribution in [-0.4, -0.2) is 31.5 Å². The van der Waals surface area contributed by atoms with Gasteiger partial charge in [0.25, 0.3) is 10.0 Å². The number of benzene rings is 1. The molecule has 2 rings (SSSR count). The number of imidazole rings is 1. The van der Waals surface area contributed by atoms with E-state index in [1.165, 1.54) is 36.8 Å². The summed E-state index contributed by atoms with van der Waals surface area (Å²) in [4.78, 5) is 6.26. The van der Waals surface area contributed by atoms with E-state index in [9.17, 15) is 12.8 Å². The summed E-state index contributed by atoms with van der Waals surface area (Å²) in [6, 6.07) is 5.42. The molecule has 0 aliphatic rings. The first-order valence-electron chi connectivity index (χ1n) is 6.02. The van der Waals surface area contributed by atoms with Crippen molar-refractivity contribution in [3.8, 4) is 0 Å². The fraction of sp³-hybridized carbons (Fsp3) is 0.250. The van der Waals surface area contributed by atoms with Gasteiger partial charge in [0.15, 0.2) is 5.03 Å². The third-order valence-corrected chi connectivity index (χ3v) is 4.46. The number of anilines is 1. The molecular weight excluding hydrogens is 283 g/mol. The first-order valence-corrected chi connectivity index (χ1v) is 7.46. The highest BCUT2D eigenvalue weighted by molar-refractivity contribution is 7.92. The molecule has 3 N–H and O–H groups in total. The molecular formula is C12H15FN4O2S. The van der Waals surface area contributed by atoms with E-state index in [0.29, 0.717) is 13.0 Å². The molecule has 0 amide bonds. The number of nitrogens with two attached hydrogens (primary N) is 1. The average molecular weight is 298 g/mol. The van der Waals surface area contributed by atoms with Crippen molar-refractivity contribution in [3.63, 3.8) is 0 Å². The number of hydrogen-bond donors (Lipinski definition) is 2. The Morgan fingerprint density at radius 2 is 2.20 bits per heavy atom. The largest absolute Gasteiger partial charge is 0.334 e. The van der Waals surface area contributed by atoms with Crippen molar-refractivity contribution >= 4 is 15.7 Å². The molecule has 2 aromatic rings. The van der Waals surface area contributed by atoms with Crippen molar-refractivity contribution in [2.24, 2.45) is 5.73 Å². The highest BCUT2D eigenvalue weighted by Crippen LogP contribution is 2.23. The molecule has 6 nitrogen and oxygen atoms in total. The maximum atomic E-state index is 13.3. The summed E-state index contributed by atoms with van der Waals surface area (Å²) < 4.78 is 39.4. The maximum Gasteiger partial charge on any atom is 0.281 e. The standard InChI is InChI=1S/C12H15FN4O2S/c13-10-3-1-4-11(7-10)17(6-2-5-14)20(18,19)12-8-15-9-16-12/h1,3-4,7-9H,2,5-6,14H2,(H,15,16). The van der Waals surface area contributed by atoms with Gasteiger partial charge < -0.3 is 10.7 Å². The van der Waals surface area contributed by atoms with E-state index >= 15 is 0 Å². The Labute approximate surface area is 116 Å². The molecule has 20 heavy (non-hydrogen) atoms. The van der Waals surface area contributed by atoms with Crippen LogP contribution in [0.2, 0.25) is 0 Å². The molecule has 0 saturated heterocycles. The van der Waals surface area contributed by atoms with Crippen molar-refractivity contribution in [3.05, 3.63) is 42.6 Å². The van der Waals surface area contributed by atoms with Crippen molar-refractivity contribution in [2.75, 3.05) is 17.4 Å². The zero-order chi connectivity index (χ0) is 14.6. The molecule has 1 aromatic carbocycles. The number of hydrogen-bond acceptors (Lipinski definition) is 4. The van der Waals surface area contributed by atoms with Crippen LogP contribution in [0.25, 0.3) is 0 Å². The predicted octanol–water partition coefficient (Wildman–Crippen LogP) is 1.09. The SMILES string of the molecule is NCCCN(c1cccc(F)c1)S(=O)(=O)c1cnc[nH]1. The number of nitrogens with one attached hydrogen (secondary N) is 1. The Morgan fingerprint density at radius 3 is 2.80 bits per heavy atom. The van der Waals surface area contributed by atoms with Crippen LogP contribution in [0.4, 0.5) is 10.1 Å². The molecule has 1 heterocycles. The Hall–Kier alpha value is -1.93. The fourth-order valence-corrected chi connectivity index (χ4v) is 3.15. The molecule has 0 bridgehead atoms. The van der Waals surface area contributed by atoms with Gasteiger partial charge in [0.1, 0.15) is 5.82 Å². The lowest BCUT2D eigenvalue weighted by Crippen LogP contribution is -2.33. The van der Waals surface area contributed by atoms with Crippen molar-refractivity contribution in [1.82, 2.24) is 9.97 Å². The summed E-state index contributed by atoms with van der Waals surface area (Å²) in [5.41, 5.74) is 5.69. The van der Waals surface area contributed by atoms with Crippen LogP contribution < -0.4 is 10.0 Å². The molecule has 0 fully saturated rings. The molecule has 0 aliphatic carbocycles. The summed E-state index contributed by atoms with van der Waals surface area (Å²) in [6.45, 7) is 0.506. The monoisotopic (exact) mass is 298 g/mol. The molecule has 0 atom stereocenters. The van der Waals surface area contributed by atoms with Gasteiger partial charge in [0, 0.05) is 6.54 Å². The Kier molecular flexibility index (Phi) is 4.35. The molecule has 0 spiro atoms. The van der Waals surface area contributed by atoms with Crippen LogP contribution in [0, 0.1) is 5.82 Å². The quantitative estimate of drug-likeness (QED) is 0.835. The van der Waals surface area contributed by atoms with E-state index in [4.69, 9.17) is 5.73 Å². The number of nitrogens with zero attached hydrogens (tertiary/aromatic N) is 2. The molecule has 1 aromatic heterocycles. The molecule has 0 aliphatic heterocycles. The molecule has 0 saturated carbocycles. The molecule has 8 heteroatoms. The molecule has 108 valence electrons. The van der Waals surface area contributed by atoms with Gasteiger partial charge in [-0.3, -0.25) is 4.31 Å². The average Bonchev–Trinajstić information content (AvgIpc) is 2.93. The summed E-state index contributed by atoms with van der Waals surface area (Å²) in [5, 5.41) is -0.0428. The summed E-state index contributed by atoms with van der Waals surface area (Å²) in [6.07, 6.45) is 2.95. The smallest absolute Gasteiger partial charge is 0.281 e. The second-order valence-electron chi connectivity index (χ2n) is 4.12. The summed E-state index contributed by atoms with van der Waals surface area (Å²) in [5.74, 6) is -0.500. The lowest BCUT2D eigenvalue weighted by Gasteiger charge is -2.23. The lowest BCUT2D eigenvalue weighted by atomic mass is 10.3. The second-order valence-corrected chi connectivity index (χ2v) is 5.95. The Morgan fingerprint density at radius 1 is 1.40 bits per heavy atom. The van der Waals surface area contributed by atoms with Gasteiger partial charge in [0.2, 0.25) is 0 Å². The number of rotatable bonds is 6. The van der Waals surface area contributed by atoms with Gasteiger partial charge in [-0.15, -0.1) is 0 Å². The number of aromatic amines is 1. The first-order chi connectivity index (χ1) is 9.55. The van der Waals surface area contributed by atoms with Crippen LogP contribution in [-0.2, 0) is 10.0 Å². The Balaban J connectivity index is 2.43. The molecule has 0 radical (unpaired) electrons. The highest BCUT2D eigenvalue weighted by atomic mass is 32.2. The van der Waals surface area contributed by atoms with Gasteiger partial charge in [-0.25, -0.2) is 9.37 Å². The third kappa shape index (κ3) is 2.97. The zero-order valence-corrected chi connectivity index (χ0v) is 11.5. The number of aromatic nitrogens is 2. The summed E-state index contributed by atoms with van der Waals surface area (Å²) in [7, 11) is -3.81. The maximum absolute atomic E-state index is 13.3. The lowest BCUT2D eigenvalue weighted by molar-refractivity contribution is 0.586. The van der Waals surface area contributed by atoms with Crippen LogP contribution in [0.5, 0.6) is 0 Å². The van der Waals surface area contributed by atoms with E-state index in [1.807, 2.05) is 0 Å². The topological polar surface area (TPSA) is 92.1 Å². The second kappa shape index (κ2) is 6.02. The fourth-order valence-electron chi connectivity index (χ4n) is 1.76. The minimum Gasteiger partial charge on any atom is -0.334 e. The third-order valence-electron chi connectivity index (χ3n) is 2.70. The first kappa shape index (κ1) is 14.5. The Bertz CT molecular complexity index is 658. The zero-order valence-electron chi connectivity index (χ0n) is 10.7. The van der Waals surface area contributed by atoms with Crippen LogP contribution >= 0.6 is 0 Å². The highest BCUT2D eigenvalue weighted by Gasteiger charge is 2.26. The van der Waals surface area contributed by atoms with Gasteiger partial charge in [-0.2, -0.15) is 8.42 Å². The van der Waals surface area contributed by atoms with E-state index < -0.39 is 15.8 Å². The van der Waals surface area contributed by atoms with Gasteiger partial charge in [0.05, 0.1) is 18.2 Å². The number of halogens is 1. The van der Waals surface area contributed by atoms with Crippen molar-refractivity contribution < 1.29 is 12.8 Å². The summed E-state index contributed by atoms with van der Waals surface area (Å²) >= 11 is 0. The van der Waals surface area contributed by atoms with Crippen molar-refractivity contribution in [2.45, 2.75) is 11.4 Å². The predicted molar refractivity (Wildman–Crippen MR) is 73.2 cm³/mol. The van der Waals surface area contributed by atoms with Gasteiger partial charge in [-0.1, -0.05) is 6.07 Å².